The second-order valence-corrected chi connectivity index (χ2v) is 3.89. The maximum absolute atomic E-state index is 13.4. The molecule has 2 aromatic rings. The summed E-state index contributed by atoms with van der Waals surface area (Å²) in [6.45, 7) is 0. The largest absolute Gasteiger partial charge is 0.373 e. The van der Waals surface area contributed by atoms with Gasteiger partial charge >= 0.3 is 0 Å². The zero-order valence-corrected chi connectivity index (χ0v) is 10.4. The molecule has 104 valence electrons. The van der Waals surface area contributed by atoms with Crippen LogP contribution in [0, 0.1) is 17.5 Å². The van der Waals surface area contributed by atoms with Gasteiger partial charge in [0.25, 0.3) is 5.91 Å². The molecule has 0 fully saturated rings. The van der Waals surface area contributed by atoms with Crippen LogP contribution in [0.25, 0.3) is 0 Å². The van der Waals surface area contributed by atoms with E-state index in [1.54, 1.807) is 7.05 Å². The summed E-state index contributed by atoms with van der Waals surface area (Å²) in [5.74, 6) is -3.85. The molecule has 1 aromatic heterocycles. The van der Waals surface area contributed by atoms with Crippen molar-refractivity contribution in [3.8, 4) is 0 Å². The first-order valence-electron chi connectivity index (χ1n) is 5.61. The molecule has 20 heavy (non-hydrogen) atoms. The maximum atomic E-state index is 13.4. The lowest BCUT2D eigenvalue weighted by atomic mass is 10.2. The molecule has 4 nitrogen and oxygen atoms in total. The van der Waals surface area contributed by atoms with Crippen molar-refractivity contribution in [1.29, 1.82) is 0 Å². The lowest BCUT2D eigenvalue weighted by Gasteiger charge is -2.07. The number of nitrogens with zero attached hydrogens (tertiary/aromatic N) is 1. The van der Waals surface area contributed by atoms with E-state index in [2.05, 4.69) is 15.6 Å². The molecule has 2 N–H and O–H groups in total. The highest BCUT2D eigenvalue weighted by atomic mass is 19.2. The monoisotopic (exact) mass is 281 g/mol. The first-order valence-corrected chi connectivity index (χ1v) is 5.61. The van der Waals surface area contributed by atoms with E-state index in [9.17, 15) is 18.0 Å². The first-order chi connectivity index (χ1) is 9.51. The van der Waals surface area contributed by atoms with Gasteiger partial charge in [-0.05, 0) is 12.1 Å². The number of anilines is 2. The molecule has 0 aliphatic rings. The topological polar surface area (TPSA) is 54.0 Å². The number of hydrogen-bond donors (Lipinski definition) is 2. The highest BCUT2D eigenvalue weighted by molar-refractivity contribution is 6.04. The van der Waals surface area contributed by atoms with Crippen molar-refractivity contribution >= 4 is 17.4 Å². The van der Waals surface area contributed by atoms with Gasteiger partial charge in [0.05, 0.1) is 11.3 Å². The lowest BCUT2D eigenvalue weighted by Crippen LogP contribution is -2.14. The van der Waals surface area contributed by atoms with E-state index in [0.29, 0.717) is 18.0 Å². The van der Waals surface area contributed by atoms with Crippen molar-refractivity contribution in [3.63, 3.8) is 0 Å². The fourth-order valence-electron chi connectivity index (χ4n) is 1.52. The number of carbonyl (C=O) groups is 1. The summed E-state index contributed by atoms with van der Waals surface area (Å²) in [6, 6.07) is 4.08. The molecule has 0 radical (unpaired) electrons. The van der Waals surface area contributed by atoms with Crippen LogP contribution in [0.2, 0.25) is 0 Å². The van der Waals surface area contributed by atoms with E-state index in [4.69, 9.17) is 0 Å². The molecule has 0 aliphatic carbocycles. The van der Waals surface area contributed by atoms with Crippen LogP contribution in [0.4, 0.5) is 24.7 Å². The molecule has 1 heterocycles. The minimum atomic E-state index is -1.37. The molecule has 1 amide bonds. The molecule has 0 saturated heterocycles. The van der Waals surface area contributed by atoms with Gasteiger partial charge in [-0.25, -0.2) is 18.2 Å². The van der Waals surface area contributed by atoms with E-state index in [1.165, 1.54) is 18.3 Å². The van der Waals surface area contributed by atoms with Crippen LogP contribution in [0.1, 0.15) is 10.4 Å². The predicted octanol–water partition coefficient (Wildman–Crippen LogP) is 2.79. The minimum absolute atomic E-state index is 0.132. The third kappa shape index (κ3) is 2.87. The second-order valence-electron chi connectivity index (χ2n) is 3.89. The number of benzene rings is 1. The van der Waals surface area contributed by atoms with Gasteiger partial charge in [0.2, 0.25) is 0 Å². The van der Waals surface area contributed by atoms with Crippen molar-refractivity contribution in [1.82, 2.24) is 4.98 Å². The summed E-state index contributed by atoms with van der Waals surface area (Å²) in [5, 5.41) is 4.86. The molecular weight excluding hydrogens is 271 g/mol. The Morgan fingerprint density at radius 2 is 1.95 bits per heavy atom. The van der Waals surface area contributed by atoms with Gasteiger partial charge in [0, 0.05) is 25.4 Å². The smallest absolute Gasteiger partial charge is 0.257 e. The van der Waals surface area contributed by atoms with Crippen molar-refractivity contribution in [2.75, 3.05) is 17.7 Å². The molecule has 0 aliphatic heterocycles. The minimum Gasteiger partial charge on any atom is -0.373 e. The van der Waals surface area contributed by atoms with Crippen molar-refractivity contribution in [2.24, 2.45) is 0 Å². The number of halogens is 3. The lowest BCUT2D eigenvalue weighted by molar-refractivity contribution is 0.102. The molecule has 0 bridgehead atoms. The molecule has 1 aromatic carbocycles. The van der Waals surface area contributed by atoms with Gasteiger partial charge in [-0.1, -0.05) is 0 Å². The fraction of sp³-hybridized carbons (Fsp3) is 0.0769. The number of pyridine rings is 1. The third-order valence-corrected chi connectivity index (χ3v) is 2.52. The second kappa shape index (κ2) is 5.60. The van der Waals surface area contributed by atoms with Crippen LogP contribution in [0.15, 0.2) is 30.5 Å². The highest BCUT2D eigenvalue weighted by Gasteiger charge is 2.14. The first kappa shape index (κ1) is 13.9. The number of rotatable bonds is 3. The van der Waals surface area contributed by atoms with E-state index in [-0.39, 0.29) is 5.56 Å². The van der Waals surface area contributed by atoms with E-state index in [1.807, 2.05) is 0 Å². The van der Waals surface area contributed by atoms with E-state index >= 15 is 0 Å². The van der Waals surface area contributed by atoms with Crippen molar-refractivity contribution in [3.05, 3.63) is 53.5 Å². The summed E-state index contributed by atoms with van der Waals surface area (Å²) < 4.78 is 39.4. The normalized spacial score (nSPS) is 10.2. The quantitative estimate of drug-likeness (QED) is 0.851. The van der Waals surface area contributed by atoms with E-state index < -0.39 is 29.0 Å². The Balaban J connectivity index is 2.23. The van der Waals surface area contributed by atoms with Crippen LogP contribution in [-0.4, -0.2) is 17.9 Å². The summed E-state index contributed by atoms with van der Waals surface area (Å²) in [4.78, 5) is 15.7. The summed E-state index contributed by atoms with van der Waals surface area (Å²) in [6.07, 6.45) is 1.26. The highest BCUT2D eigenvalue weighted by Crippen LogP contribution is 2.20. The van der Waals surface area contributed by atoms with Crippen LogP contribution in [0.5, 0.6) is 0 Å². The average molecular weight is 281 g/mol. The van der Waals surface area contributed by atoms with Gasteiger partial charge in [-0.2, -0.15) is 0 Å². The molecule has 2 rings (SSSR count). The number of carbonyl (C=O) groups excluding carboxylic acids is 1. The standard InChI is InChI=1S/C13H10F3N3O/c1-17-11-3-2-7(6-18-11)13(20)19-10-5-8(14)4-9(15)12(10)16/h2-6H,1H3,(H,17,18)(H,19,20). The molecule has 0 atom stereocenters. The van der Waals surface area contributed by atoms with Crippen molar-refractivity contribution < 1.29 is 18.0 Å². The Morgan fingerprint density at radius 1 is 1.20 bits per heavy atom. The summed E-state index contributed by atoms with van der Waals surface area (Å²) in [5.41, 5.74) is -0.432. The Kier molecular flexibility index (Phi) is 3.88. The predicted molar refractivity (Wildman–Crippen MR) is 68.1 cm³/mol. The average Bonchev–Trinajstić information content (AvgIpc) is 2.44. The molecule has 0 saturated carbocycles. The zero-order valence-electron chi connectivity index (χ0n) is 10.4. The van der Waals surface area contributed by atoms with Gasteiger partial charge < -0.3 is 10.6 Å². The maximum Gasteiger partial charge on any atom is 0.257 e. The molecular formula is C13H10F3N3O. The number of aromatic nitrogens is 1. The Morgan fingerprint density at radius 3 is 2.55 bits per heavy atom. The van der Waals surface area contributed by atoms with Crippen LogP contribution >= 0.6 is 0 Å². The third-order valence-electron chi connectivity index (χ3n) is 2.52. The number of amides is 1. The van der Waals surface area contributed by atoms with Gasteiger partial charge in [0.1, 0.15) is 11.6 Å². The zero-order chi connectivity index (χ0) is 14.7. The summed E-state index contributed by atoms with van der Waals surface area (Å²) in [7, 11) is 1.66. The van der Waals surface area contributed by atoms with E-state index in [0.717, 1.165) is 0 Å². The molecule has 0 unspecified atom stereocenters. The Hall–Kier alpha value is -2.57. The molecule has 7 heteroatoms. The van der Waals surface area contributed by atoms with Crippen LogP contribution in [-0.2, 0) is 0 Å². The SMILES string of the molecule is CNc1ccc(C(=O)Nc2cc(F)cc(F)c2F)cn1. The Bertz CT molecular complexity index is 644. The number of nitrogens with one attached hydrogen (secondary N) is 2. The van der Waals surface area contributed by atoms with Gasteiger partial charge in [-0.3, -0.25) is 4.79 Å². The number of hydrogen-bond acceptors (Lipinski definition) is 3. The van der Waals surface area contributed by atoms with Crippen molar-refractivity contribution in [2.45, 2.75) is 0 Å². The molecule has 0 spiro atoms. The summed E-state index contributed by atoms with van der Waals surface area (Å²) >= 11 is 0. The van der Waals surface area contributed by atoms with Crippen LogP contribution in [0.3, 0.4) is 0 Å². The Labute approximate surface area is 112 Å². The van der Waals surface area contributed by atoms with Gasteiger partial charge in [0.15, 0.2) is 11.6 Å². The fourth-order valence-corrected chi connectivity index (χ4v) is 1.52. The van der Waals surface area contributed by atoms with Gasteiger partial charge in [-0.15, -0.1) is 0 Å². The van der Waals surface area contributed by atoms with Crippen LogP contribution < -0.4 is 10.6 Å².